The number of rotatable bonds is 3. The first-order valence-electron chi connectivity index (χ1n) is 7.82. The van der Waals surface area contributed by atoms with Gasteiger partial charge in [-0.1, -0.05) is 0 Å². The van der Waals surface area contributed by atoms with Crippen LogP contribution in [0.3, 0.4) is 0 Å². The quantitative estimate of drug-likeness (QED) is 0.922. The fourth-order valence-electron chi connectivity index (χ4n) is 3.20. The first kappa shape index (κ1) is 15.4. The Hall–Kier alpha value is -3.09. The lowest BCUT2D eigenvalue weighted by Crippen LogP contribution is -2.29. The van der Waals surface area contributed by atoms with E-state index >= 15 is 0 Å². The monoisotopic (exact) mass is 343 g/mol. The number of anilines is 1. The number of phenolic OH excluding ortho intramolecular Hbond substituents is 1. The number of nitrogens with zero attached hydrogens (tertiary/aromatic N) is 1. The van der Waals surface area contributed by atoms with Crippen molar-refractivity contribution in [2.45, 2.75) is 6.42 Å². The third-order valence-corrected chi connectivity index (χ3v) is 4.47. The Kier molecular flexibility index (Phi) is 3.56. The number of aromatic hydroxyl groups is 1. The van der Waals surface area contributed by atoms with Gasteiger partial charge in [-0.2, -0.15) is 0 Å². The number of hydrogen-bond donors (Lipinski definition) is 1. The van der Waals surface area contributed by atoms with Gasteiger partial charge in [0.05, 0.1) is 25.5 Å². The molecule has 2 aliphatic rings. The van der Waals surface area contributed by atoms with Crippen molar-refractivity contribution in [3.05, 3.63) is 35.4 Å². The van der Waals surface area contributed by atoms with E-state index in [0.29, 0.717) is 30.2 Å². The summed E-state index contributed by atoms with van der Waals surface area (Å²) in [6.07, 6.45) is 0.701. The molecule has 7 nitrogen and oxygen atoms in total. The average Bonchev–Trinajstić information content (AvgIpc) is 3.27. The number of carbonyl (C=O) groups is 1. The van der Waals surface area contributed by atoms with Gasteiger partial charge in [0.1, 0.15) is 0 Å². The topological polar surface area (TPSA) is 77.5 Å². The maximum Gasteiger partial charge on any atom is 0.262 e. The highest BCUT2D eigenvalue weighted by Gasteiger charge is 2.31. The Labute approximate surface area is 144 Å². The van der Waals surface area contributed by atoms with E-state index in [0.717, 1.165) is 11.3 Å². The summed E-state index contributed by atoms with van der Waals surface area (Å²) in [4.78, 5) is 14.6. The first-order valence-corrected chi connectivity index (χ1v) is 7.82. The zero-order chi connectivity index (χ0) is 17.6. The van der Waals surface area contributed by atoms with E-state index in [9.17, 15) is 9.90 Å². The average molecular weight is 343 g/mol. The minimum absolute atomic E-state index is 0.0318. The van der Waals surface area contributed by atoms with E-state index in [-0.39, 0.29) is 29.8 Å². The SMILES string of the molecule is COc1cc2c(cc1OC)N(C(=O)c1ccc3c(c1O)OCO3)CC2. The summed E-state index contributed by atoms with van der Waals surface area (Å²) in [5, 5.41) is 10.4. The largest absolute Gasteiger partial charge is 0.504 e. The molecule has 0 atom stereocenters. The van der Waals surface area contributed by atoms with Crippen molar-refractivity contribution in [1.29, 1.82) is 0 Å². The van der Waals surface area contributed by atoms with Crippen molar-refractivity contribution < 1.29 is 28.8 Å². The van der Waals surface area contributed by atoms with Crippen molar-refractivity contribution in [2.75, 3.05) is 32.5 Å². The number of methoxy groups -OCH3 is 2. The van der Waals surface area contributed by atoms with Crippen molar-refractivity contribution in [3.63, 3.8) is 0 Å². The number of amides is 1. The van der Waals surface area contributed by atoms with Crippen LogP contribution in [-0.4, -0.2) is 38.6 Å². The fraction of sp³-hybridized carbons (Fsp3) is 0.278. The van der Waals surface area contributed by atoms with Gasteiger partial charge in [0.15, 0.2) is 23.0 Å². The molecule has 0 saturated carbocycles. The number of fused-ring (bicyclic) bond motifs is 2. The van der Waals surface area contributed by atoms with Gasteiger partial charge in [-0.3, -0.25) is 4.79 Å². The van der Waals surface area contributed by atoms with Crippen LogP contribution in [0.5, 0.6) is 28.7 Å². The molecule has 7 heteroatoms. The van der Waals surface area contributed by atoms with Gasteiger partial charge in [-0.25, -0.2) is 0 Å². The summed E-state index contributed by atoms with van der Waals surface area (Å²) in [5.41, 5.74) is 1.91. The molecule has 2 aromatic rings. The molecule has 0 aromatic heterocycles. The summed E-state index contributed by atoms with van der Waals surface area (Å²) < 4.78 is 21.1. The third kappa shape index (κ3) is 2.31. The van der Waals surface area contributed by atoms with E-state index < -0.39 is 0 Å². The van der Waals surface area contributed by atoms with E-state index in [1.807, 2.05) is 6.07 Å². The summed E-state index contributed by atoms with van der Waals surface area (Å²) in [7, 11) is 3.13. The third-order valence-electron chi connectivity index (χ3n) is 4.47. The Morgan fingerprint density at radius 3 is 2.68 bits per heavy atom. The molecule has 0 unspecified atom stereocenters. The maximum absolute atomic E-state index is 13.0. The molecular formula is C18H17NO6. The van der Waals surface area contributed by atoms with Gasteiger partial charge in [-0.05, 0) is 30.2 Å². The lowest BCUT2D eigenvalue weighted by atomic mass is 10.1. The van der Waals surface area contributed by atoms with Crippen LogP contribution in [0, 0.1) is 0 Å². The lowest BCUT2D eigenvalue weighted by molar-refractivity contribution is 0.0986. The molecule has 25 heavy (non-hydrogen) atoms. The van der Waals surface area contributed by atoms with E-state index in [1.165, 1.54) is 0 Å². The molecule has 0 aliphatic carbocycles. The number of carbonyl (C=O) groups excluding carboxylic acids is 1. The first-order chi connectivity index (χ1) is 12.1. The summed E-state index contributed by atoms with van der Waals surface area (Å²) in [6.45, 7) is 0.544. The van der Waals surface area contributed by atoms with E-state index in [2.05, 4.69) is 0 Å². The highest BCUT2D eigenvalue weighted by atomic mass is 16.7. The summed E-state index contributed by atoms with van der Waals surface area (Å²) in [6, 6.07) is 6.83. The second-order valence-corrected chi connectivity index (χ2v) is 5.74. The van der Waals surface area contributed by atoms with Crippen LogP contribution in [0.25, 0.3) is 0 Å². The molecule has 0 spiro atoms. The smallest absolute Gasteiger partial charge is 0.262 e. The second kappa shape index (κ2) is 5.77. The molecule has 1 N–H and O–H groups in total. The molecule has 1 amide bonds. The zero-order valence-electron chi connectivity index (χ0n) is 13.9. The Morgan fingerprint density at radius 1 is 1.16 bits per heavy atom. The normalized spacial score (nSPS) is 14.4. The minimum atomic E-state index is -0.304. The fourth-order valence-corrected chi connectivity index (χ4v) is 3.20. The Balaban J connectivity index is 1.73. The van der Waals surface area contributed by atoms with Gasteiger partial charge in [0.2, 0.25) is 12.5 Å². The molecule has 2 heterocycles. The van der Waals surface area contributed by atoms with Gasteiger partial charge in [0.25, 0.3) is 5.91 Å². The van der Waals surface area contributed by atoms with Crippen molar-refractivity contribution >= 4 is 11.6 Å². The number of ether oxygens (including phenoxy) is 4. The standard InChI is InChI=1S/C18H17NO6/c1-22-14-7-10-5-6-19(12(10)8-15(14)23-2)18(21)11-3-4-13-17(16(11)20)25-9-24-13/h3-4,7-8,20H,5-6,9H2,1-2H3. The molecule has 130 valence electrons. The van der Waals surface area contributed by atoms with Crippen LogP contribution in [0.4, 0.5) is 5.69 Å². The second-order valence-electron chi connectivity index (χ2n) is 5.74. The van der Waals surface area contributed by atoms with Gasteiger partial charge in [0, 0.05) is 12.6 Å². The highest BCUT2D eigenvalue weighted by Crippen LogP contribution is 2.44. The van der Waals surface area contributed by atoms with Crippen LogP contribution in [-0.2, 0) is 6.42 Å². The van der Waals surface area contributed by atoms with Crippen LogP contribution < -0.4 is 23.8 Å². The maximum atomic E-state index is 13.0. The molecule has 2 aromatic carbocycles. The van der Waals surface area contributed by atoms with Crippen LogP contribution in [0.2, 0.25) is 0 Å². The molecule has 4 rings (SSSR count). The van der Waals surface area contributed by atoms with E-state index in [1.54, 1.807) is 37.3 Å². The van der Waals surface area contributed by atoms with Gasteiger partial charge >= 0.3 is 0 Å². The van der Waals surface area contributed by atoms with E-state index in [4.69, 9.17) is 18.9 Å². The Morgan fingerprint density at radius 2 is 1.92 bits per heavy atom. The molecular weight excluding hydrogens is 326 g/mol. The van der Waals surface area contributed by atoms with Gasteiger partial charge in [-0.15, -0.1) is 0 Å². The van der Waals surface area contributed by atoms with Crippen LogP contribution >= 0.6 is 0 Å². The van der Waals surface area contributed by atoms with Crippen LogP contribution in [0.1, 0.15) is 15.9 Å². The molecule has 0 radical (unpaired) electrons. The molecule has 0 fully saturated rings. The van der Waals surface area contributed by atoms with Crippen molar-refractivity contribution in [1.82, 2.24) is 0 Å². The summed E-state index contributed by atoms with van der Waals surface area (Å²) in [5.74, 6) is 1.31. The van der Waals surface area contributed by atoms with Crippen LogP contribution in [0.15, 0.2) is 24.3 Å². The lowest BCUT2D eigenvalue weighted by Gasteiger charge is -2.19. The van der Waals surface area contributed by atoms with Crippen molar-refractivity contribution in [3.8, 4) is 28.7 Å². The minimum Gasteiger partial charge on any atom is -0.504 e. The predicted molar refractivity (Wildman–Crippen MR) is 89.2 cm³/mol. The number of benzene rings is 2. The molecule has 0 bridgehead atoms. The van der Waals surface area contributed by atoms with Gasteiger partial charge < -0.3 is 29.0 Å². The molecule has 2 aliphatic heterocycles. The molecule has 0 saturated heterocycles. The number of phenols is 1. The zero-order valence-corrected chi connectivity index (χ0v) is 13.9. The number of hydrogen-bond acceptors (Lipinski definition) is 6. The highest BCUT2D eigenvalue weighted by molar-refractivity contribution is 6.09. The predicted octanol–water partition coefficient (Wildman–Crippen LogP) is 2.34. The van der Waals surface area contributed by atoms with Crippen molar-refractivity contribution in [2.24, 2.45) is 0 Å². The Bertz CT molecular complexity index is 863. The summed E-state index contributed by atoms with van der Waals surface area (Å²) >= 11 is 0.